The molecule has 0 bridgehead atoms. The van der Waals surface area contributed by atoms with E-state index in [0.29, 0.717) is 11.4 Å². The van der Waals surface area contributed by atoms with Gasteiger partial charge in [-0.25, -0.2) is 14.1 Å². The molecule has 3 heterocycles. The van der Waals surface area contributed by atoms with Gasteiger partial charge in [-0.15, -0.1) is 23.1 Å². The molecule has 0 aliphatic heterocycles. The molecule has 0 spiro atoms. The molecule has 0 radical (unpaired) electrons. The van der Waals surface area contributed by atoms with Crippen LogP contribution >= 0.6 is 0 Å². The first-order valence-corrected chi connectivity index (χ1v) is 16.1. The second-order valence-corrected chi connectivity index (χ2v) is 13.1. The molecular formula is C43H37N4Pt-. The zero-order chi connectivity index (χ0) is 34.8. The minimum absolute atomic E-state index is 0. The van der Waals surface area contributed by atoms with Crippen molar-refractivity contribution in [3.63, 3.8) is 0 Å². The molecule has 0 N–H and O–H groups in total. The zero-order valence-corrected chi connectivity index (χ0v) is 29.6. The van der Waals surface area contributed by atoms with Crippen LogP contribution in [-0.2, 0) is 33.5 Å². The molecule has 3 aromatic heterocycles. The van der Waals surface area contributed by atoms with Crippen LogP contribution < -0.4 is 0 Å². The fraction of sp³-hybridized carbons (Fsp3) is 0.163. The average Bonchev–Trinajstić information content (AvgIpc) is 3.68. The van der Waals surface area contributed by atoms with Crippen LogP contribution in [0.4, 0.5) is 0 Å². The summed E-state index contributed by atoms with van der Waals surface area (Å²) in [6, 6.07) is 46.8. The van der Waals surface area contributed by atoms with Gasteiger partial charge in [0.2, 0.25) is 0 Å². The van der Waals surface area contributed by atoms with Crippen molar-refractivity contribution in [1.29, 1.82) is 0 Å². The summed E-state index contributed by atoms with van der Waals surface area (Å²) >= 11 is 0. The summed E-state index contributed by atoms with van der Waals surface area (Å²) in [6.07, 6.45) is 3.55. The van der Waals surface area contributed by atoms with Gasteiger partial charge in [0.05, 0.1) is 0 Å². The van der Waals surface area contributed by atoms with E-state index in [1.54, 1.807) is 6.33 Å². The summed E-state index contributed by atoms with van der Waals surface area (Å²) in [5, 5.41) is 2.26. The van der Waals surface area contributed by atoms with E-state index >= 15 is 0 Å². The number of aryl methyl sites for hydroxylation is 1. The van der Waals surface area contributed by atoms with Gasteiger partial charge in [0.15, 0.2) is 17.4 Å². The maximum Gasteiger partial charge on any atom is 0.188 e. The molecule has 0 saturated heterocycles. The van der Waals surface area contributed by atoms with Crippen LogP contribution in [-0.4, -0.2) is 18.7 Å². The van der Waals surface area contributed by atoms with E-state index in [0.717, 1.165) is 55.5 Å². The third-order valence-corrected chi connectivity index (χ3v) is 9.47. The second kappa shape index (κ2) is 12.3. The van der Waals surface area contributed by atoms with Crippen molar-refractivity contribution in [1.82, 2.24) is 18.7 Å². The fourth-order valence-corrected chi connectivity index (χ4v) is 6.88. The summed E-state index contributed by atoms with van der Waals surface area (Å²) < 4.78 is 29.8. The number of hydrogen-bond donors (Lipinski definition) is 0. The van der Waals surface area contributed by atoms with Crippen LogP contribution in [0.25, 0.3) is 55.5 Å². The second-order valence-electron chi connectivity index (χ2n) is 13.1. The van der Waals surface area contributed by atoms with Gasteiger partial charge in [-0.2, -0.15) is 35.9 Å². The molecule has 240 valence electrons. The third-order valence-electron chi connectivity index (χ3n) is 9.47. The Morgan fingerprint density at radius 1 is 0.750 bits per heavy atom. The van der Waals surface area contributed by atoms with Gasteiger partial charge in [-0.3, -0.25) is 0 Å². The van der Waals surface area contributed by atoms with Gasteiger partial charge in [0.1, 0.15) is 5.82 Å². The third kappa shape index (κ3) is 5.20. The number of para-hydroxylation sites is 3. The number of hydrogen-bond acceptors (Lipinski definition) is 1. The fourth-order valence-electron chi connectivity index (χ4n) is 6.88. The van der Waals surface area contributed by atoms with Crippen molar-refractivity contribution < 1.29 is 25.2 Å². The standard InChI is InChI=1S/C43H37N4.Pt/c1-29(2)34-15-6-7-16-35(34)30-23-24-44-42(25-30)47-38-18-9-8-17-36(38)37-22-21-32(27-41(37)47)43(3,4)31-13-12-14-33(26-31)46-28-45(5)39-19-10-11-20-40(39)46;/h6-25,28-29H,1-5H3;/q-1;/i5D3;. The molecule has 0 saturated carbocycles. The van der Waals surface area contributed by atoms with Gasteiger partial charge in [-0.05, 0) is 63.7 Å². The molecule has 8 aromatic rings. The van der Waals surface area contributed by atoms with Gasteiger partial charge in [-0.1, -0.05) is 75.7 Å². The van der Waals surface area contributed by atoms with Crippen LogP contribution in [0, 0.1) is 12.1 Å². The molecule has 0 fully saturated rings. The van der Waals surface area contributed by atoms with Gasteiger partial charge in [0, 0.05) is 61.7 Å². The summed E-state index contributed by atoms with van der Waals surface area (Å²) in [5.41, 5.74) is 9.40. The maximum absolute atomic E-state index is 8.11. The summed E-state index contributed by atoms with van der Waals surface area (Å²) in [7, 11) is 0. The van der Waals surface area contributed by atoms with E-state index in [2.05, 4.69) is 123 Å². The van der Waals surface area contributed by atoms with Crippen LogP contribution in [0.3, 0.4) is 0 Å². The summed E-state index contributed by atoms with van der Waals surface area (Å²) in [6.45, 7) is 6.52. The van der Waals surface area contributed by atoms with Crippen molar-refractivity contribution in [2.75, 3.05) is 0 Å². The SMILES string of the molecule is [2H]C([2H])([2H])n1[cH+]n(-c2[c-]c(C(C)(C)c3[c-]c4c(cc3)c3ccccc3n4-c3cc(-c4ccccc4C(C)C)ccn3)ccc2)c2ccccc21.[Pt]. The maximum atomic E-state index is 8.11. The molecule has 48 heavy (non-hydrogen) atoms. The van der Waals surface area contributed by atoms with E-state index in [4.69, 9.17) is 9.10 Å². The average molecular weight is 808 g/mol. The van der Waals surface area contributed by atoms with E-state index in [9.17, 15) is 0 Å². The van der Waals surface area contributed by atoms with Crippen LogP contribution in [0.15, 0.2) is 128 Å². The van der Waals surface area contributed by atoms with Crippen LogP contribution in [0.2, 0.25) is 0 Å². The minimum Gasteiger partial charge on any atom is -0.319 e. The first-order valence-electron chi connectivity index (χ1n) is 17.6. The number of imidazole rings is 1. The smallest absolute Gasteiger partial charge is 0.188 e. The van der Waals surface area contributed by atoms with E-state index < -0.39 is 12.4 Å². The number of nitrogens with zero attached hydrogens (tertiary/aromatic N) is 4. The Bertz CT molecular complexity index is 2560. The van der Waals surface area contributed by atoms with Gasteiger partial charge < -0.3 is 4.57 Å². The molecule has 0 aliphatic rings. The first kappa shape index (κ1) is 28.2. The van der Waals surface area contributed by atoms with Crippen LogP contribution in [0.1, 0.15) is 54.4 Å². The molecule has 0 aliphatic carbocycles. The number of aromatic nitrogens is 4. The minimum atomic E-state index is -2.31. The Labute approximate surface area is 300 Å². The van der Waals surface area contributed by atoms with Crippen molar-refractivity contribution in [3.8, 4) is 22.6 Å². The molecule has 5 aromatic carbocycles. The molecule has 0 unspecified atom stereocenters. The molecule has 8 rings (SSSR count). The van der Waals surface area contributed by atoms with Gasteiger partial charge >= 0.3 is 0 Å². The Morgan fingerprint density at radius 3 is 2.29 bits per heavy atom. The zero-order valence-electron chi connectivity index (χ0n) is 30.3. The van der Waals surface area contributed by atoms with Crippen molar-refractivity contribution in [2.24, 2.45) is 6.98 Å². The Kier molecular flexibility index (Phi) is 7.26. The predicted molar refractivity (Wildman–Crippen MR) is 195 cm³/mol. The van der Waals surface area contributed by atoms with Gasteiger partial charge in [0.25, 0.3) is 0 Å². The Balaban J connectivity index is 0.00000406. The molecule has 0 atom stereocenters. The monoisotopic (exact) mass is 807 g/mol. The number of rotatable bonds is 6. The topological polar surface area (TPSA) is 27.7 Å². The number of pyridine rings is 1. The largest absolute Gasteiger partial charge is 0.319 e. The predicted octanol–water partition coefficient (Wildman–Crippen LogP) is 10.5. The van der Waals surface area contributed by atoms with E-state index in [1.165, 1.54) is 15.7 Å². The van der Waals surface area contributed by atoms with Crippen molar-refractivity contribution in [2.45, 2.75) is 39.0 Å². The molecule has 4 nitrogen and oxygen atoms in total. The summed E-state index contributed by atoms with van der Waals surface area (Å²) in [5.74, 6) is 1.23. The summed E-state index contributed by atoms with van der Waals surface area (Å²) in [4.78, 5) is 4.91. The van der Waals surface area contributed by atoms with Crippen LogP contribution in [0.5, 0.6) is 0 Å². The van der Waals surface area contributed by atoms with Crippen molar-refractivity contribution >= 4 is 32.8 Å². The molecule has 5 heteroatoms. The number of fused-ring (bicyclic) bond motifs is 4. The number of benzene rings is 5. The van der Waals surface area contributed by atoms with E-state index in [-0.39, 0.29) is 21.1 Å². The van der Waals surface area contributed by atoms with Crippen molar-refractivity contribution in [3.05, 3.63) is 157 Å². The Morgan fingerprint density at radius 2 is 1.48 bits per heavy atom. The normalized spacial score (nSPS) is 13.1. The molecule has 0 amide bonds. The molecular weight excluding hydrogens is 768 g/mol. The quantitative estimate of drug-likeness (QED) is 0.154. The Hall–Kier alpha value is -4.79. The first-order chi connectivity index (χ1) is 24.0. The van der Waals surface area contributed by atoms with E-state index in [1.807, 2.05) is 47.2 Å².